The molecule has 0 N–H and O–H groups in total. The van der Waals surface area contributed by atoms with Crippen LogP contribution in [0.25, 0.3) is 0 Å². The highest BCUT2D eigenvalue weighted by Crippen LogP contribution is 2.39. The minimum atomic E-state index is -3.53. The van der Waals surface area contributed by atoms with E-state index in [-0.39, 0.29) is 40.4 Å². The number of methoxy groups -OCH3 is 1. The number of carbonyl (C=O) groups excluding carboxylic acids is 1. The Hall–Kier alpha value is -3.15. The molecule has 0 atom stereocenters. The van der Waals surface area contributed by atoms with Crippen molar-refractivity contribution in [3.8, 4) is 23.3 Å². The summed E-state index contributed by atoms with van der Waals surface area (Å²) in [7, 11) is -2.14. The van der Waals surface area contributed by atoms with Crippen LogP contribution in [0.1, 0.15) is 45.4 Å². The van der Waals surface area contributed by atoms with Crippen molar-refractivity contribution in [3.63, 3.8) is 0 Å². The van der Waals surface area contributed by atoms with Crippen LogP contribution in [0.15, 0.2) is 29.4 Å². The molecule has 196 valence electrons. The van der Waals surface area contributed by atoms with Gasteiger partial charge in [0.25, 0.3) is 11.8 Å². The van der Waals surface area contributed by atoms with Crippen LogP contribution in [0.3, 0.4) is 0 Å². The highest BCUT2D eigenvalue weighted by Gasteiger charge is 2.37. The highest BCUT2D eigenvalue weighted by atomic mass is 32.2. The van der Waals surface area contributed by atoms with Crippen molar-refractivity contribution in [3.05, 3.63) is 30.3 Å². The topological polar surface area (TPSA) is 117 Å². The van der Waals surface area contributed by atoms with Gasteiger partial charge < -0.3 is 23.8 Å². The van der Waals surface area contributed by atoms with E-state index >= 15 is 0 Å². The quantitative estimate of drug-likeness (QED) is 0.424. The van der Waals surface area contributed by atoms with Crippen LogP contribution in [0.2, 0.25) is 0 Å². The Labute approximate surface area is 209 Å². The fourth-order valence-corrected chi connectivity index (χ4v) is 5.47. The van der Waals surface area contributed by atoms with Crippen molar-refractivity contribution in [2.45, 2.75) is 61.7 Å². The average molecular weight is 524 g/mol. The second-order valence-corrected chi connectivity index (χ2v) is 11.0. The van der Waals surface area contributed by atoms with E-state index in [1.54, 1.807) is 4.90 Å². The number of ether oxygens (including phenoxy) is 4. The number of unbranched alkanes of at least 4 members (excludes halogenated alkanes) is 1. The molecule has 12 heteroatoms. The third kappa shape index (κ3) is 5.97. The number of hydrogen-bond donors (Lipinski definition) is 0. The molecule has 1 aromatic carbocycles. The third-order valence-electron chi connectivity index (χ3n) is 6.05. The van der Waals surface area contributed by atoms with Gasteiger partial charge in [-0.3, -0.25) is 0 Å². The lowest BCUT2D eigenvalue weighted by Gasteiger charge is -2.31. The molecule has 0 radical (unpaired) electrons. The lowest BCUT2D eigenvalue weighted by molar-refractivity contribution is 0.0643. The minimum Gasteiger partial charge on any atom is -0.487 e. The smallest absolute Gasteiger partial charge is 0.409 e. The zero-order valence-corrected chi connectivity index (χ0v) is 21.1. The first-order valence-corrected chi connectivity index (χ1v) is 13.6. The number of piperidine rings is 1. The van der Waals surface area contributed by atoms with Gasteiger partial charge in [0.1, 0.15) is 12.4 Å². The summed E-state index contributed by atoms with van der Waals surface area (Å²) in [5, 5.41) is -0.441. The first kappa shape index (κ1) is 25.9. The van der Waals surface area contributed by atoms with Gasteiger partial charge in [-0.2, -0.15) is 9.97 Å². The van der Waals surface area contributed by atoms with Crippen LogP contribution in [0.4, 0.5) is 9.18 Å². The Morgan fingerprint density at radius 2 is 1.86 bits per heavy atom. The molecule has 1 amide bonds. The first-order chi connectivity index (χ1) is 17.3. The lowest BCUT2D eigenvalue weighted by atomic mass is 10.1. The number of rotatable bonds is 10. The van der Waals surface area contributed by atoms with Gasteiger partial charge in [-0.1, -0.05) is 13.3 Å². The molecule has 4 rings (SSSR count). The van der Waals surface area contributed by atoms with Gasteiger partial charge in [0.05, 0.1) is 23.9 Å². The van der Waals surface area contributed by atoms with E-state index in [2.05, 4.69) is 9.97 Å². The Bertz CT molecular complexity index is 1180. The third-order valence-corrected chi connectivity index (χ3v) is 8.31. The molecule has 0 unspecified atom stereocenters. The first-order valence-electron chi connectivity index (χ1n) is 12.0. The molecule has 1 saturated heterocycles. The van der Waals surface area contributed by atoms with E-state index in [1.165, 1.54) is 25.6 Å². The van der Waals surface area contributed by atoms with Gasteiger partial charge in [0.15, 0.2) is 21.4 Å². The van der Waals surface area contributed by atoms with Crippen LogP contribution in [0, 0.1) is 5.82 Å². The van der Waals surface area contributed by atoms with Crippen LogP contribution < -0.4 is 14.2 Å². The molecule has 1 saturated carbocycles. The predicted octanol–water partition coefficient (Wildman–Crippen LogP) is 4.13. The highest BCUT2D eigenvalue weighted by molar-refractivity contribution is 7.92. The zero-order valence-electron chi connectivity index (χ0n) is 20.3. The van der Waals surface area contributed by atoms with Crippen LogP contribution in [-0.4, -0.2) is 67.5 Å². The summed E-state index contributed by atoms with van der Waals surface area (Å²) < 4.78 is 61.7. The summed E-state index contributed by atoms with van der Waals surface area (Å²) in [5.74, 6) is -0.912. The Kier molecular flexibility index (Phi) is 8.12. The summed E-state index contributed by atoms with van der Waals surface area (Å²) in [4.78, 5) is 21.9. The van der Waals surface area contributed by atoms with Crippen LogP contribution in [0.5, 0.6) is 23.3 Å². The van der Waals surface area contributed by atoms with Gasteiger partial charge in [0.2, 0.25) is 5.75 Å². The molecular formula is C24H30FN3O7S. The summed E-state index contributed by atoms with van der Waals surface area (Å²) in [6, 6.07) is 3.52. The monoisotopic (exact) mass is 523 g/mol. The lowest BCUT2D eigenvalue weighted by Crippen LogP contribution is -2.42. The second kappa shape index (κ2) is 11.3. The summed E-state index contributed by atoms with van der Waals surface area (Å²) in [6.07, 6.45) is 4.75. The molecule has 10 nitrogen and oxygen atoms in total. The number of hydrogen-bond acceptors (Lipinski definition) is 9. The molecule has 2 heterocycles. The Morgan fingerprint density at radius 1 is 1.14 bits per heavy atom. The number of amides is 1. The van der Waals surface area contributed by atoms with Gasteiger partial charge >= 0.3 is 6.09 Å². The minimum absolute atomic E-state index is 0.0730. The normalized spacial score (nSPS) is 16.5. The predicted molar refractivity (Wildman–Crippen MR) is 127 cm³/mol. The maximum absolute atomic E-state index is 14.7. The van der Waals surface area contributed by atoms with Crippen molar-refractivity contribution in [2.24, 2.45) is 0 Å². The Balaban J connectivity index is 1.40. The number of benzene rings is 1. The fourth-order valence-electron chi connectivity index (χ4n) is 3.80. The molecule has 2 aromatic rings. The van der Waals surface area contributed by atoms with Gasteiger partial charge in [-0.05, 0) is 37.5 Å². The van der Waals surface area contributed by atoms with Crippen molar-refractivity contribution in [1.82, 2.24) is 14.9 Å². The van der Waals surface area contributed by atoms with Crippen molar-refractivity contribution in [1.29, 1.82) is 0 Å². The largest absolute Gasteiger partial charge is 0.487 e. The van der Waals surface area contributed by atoms with Gasteiger partial charge in [0, 0.05) is 25.9 Å². The number of likely N-dealkylation sites (tertiary alicyclic amines) is 1. The molecule has 0 bridgehead atoms. The number of aromatic nitrogens is 2. The Morgan fingerprint density at radius 3 is 2.50 bits per heavy atom. The maximum atomic E-state index is 14.7. The summed E-state index contributed by atoms with van der Waals surface area (Å²) in [5.41, 5.74) is 0. The van der Waals surface area contributed by atoms with Crippen LogP contribution in [-0.2, 0) is 14.6 Å². The molecule has 1 aliphatic heterocycles. The number of sulfone groups is 1. The van der Waals surface area contributed by atoms with Crippen molar-refractivity contribution in [2.75, 3.05) is 26.8 Å². The fraction of sp³-hybridized carbons (Fsp3) is 0.542. The van der Waals surface area contributed by atoms with E-state index in [9.17, 15) is 17.6 Å². The van der Waals surface area contributed by atoms with E-state index < -0.39 is 20.9 Å². The molecule has 0 spiro atoms. The van der Waals surface area contributed by atoms with E-state index in [0.29, 0.717) is 45.4 Å². The van der Waals surface area contributed by atoms with E-state index in [4.69, 9.17) is 18.9 Å². The van der Waals surface area contributed by atoms with Crippen LogP contribution >= 0.6 is 0 Å². The second-order valence-electron chi connectivity index (χ2n) is 8.73. The van der Waals surface area contributed by atoms with Gasteiger partial charge in [-0.25, -0.2) is 17.6 Å². The molecule has 1 aromatic heterocycles. The standard InChI is InChI=1S/C24H30FN3O7S/c1-3-4-13-33-24(29)28-11-9-16(10-12-28)34-22-21(32-2)23(27-15-26-22)35-20-8-7-18(14-19(20)25)36(30,31)17-5-6-17/h7-8,14-17H,3-6,9-13H2,1-2H3. The molecule has 1 aliphatic carbocycles. The number of carbonyl (C=O) groups is 1. The van der Waals surface area contributed by atoms with Crippen molar-refractivity contribution < 1.29 is 36.6 Å². The van der Waals surface area contributed by atoms with E-state index in [0.717, 1.165) is 18.9 Å². The average Bonchev–Trinajstić information content (AvgIpc) is 3.72. The molecule has 2 aliphatic rings. The SMILES string of the molecule is CCCCOC(=O)N1CCC(Oc2ncnc(Oc3ccc(S(=O)(=O)C4CC4)cc3F)c2OC)CC1. The maximum Gasteiger partial charge on any atom is 0.409 e. The van der Waals surface area contributed by atoms with E-state index in [1.807, 2.05) is 6.92 Å². The zero-order chi connectivity index (χ0) is 25.7. The summed E-state index contributed by atoms with van der Waals surface area (Å²) >= 11 is 0. The number of halogens is 1. The van der Waals surface area contributed by atoms with Crippen molar-refractivity contribution >= 4 is 15.9 Å². The van der Waals surface area contributed by atoms with Gasteiger partial charge in [-0.15, -0.1) is 0 Å². The number of nitrogens with zero attached hydrogens (tertiary/aromatic N) is 3. The summed E-state index contributed by atoms with van der Waals surface area (Å²) in [6.45, 7) is 3.40. The molecule has 36 heavy (non-hydrogen) atoms. The molecular weight excluding hydrogens is 493 g/mol. The molecule has 2 fully saturated rings.